The van der Waals surface area contributed by atoms with Crippen molar-refractivity contribution in [1.82, 2.24) is 29.9 Å². The van der Waals surface area contributed by atoms with Crippen molar-refractivity contribution in [2.24, 2.45) is 0 Å². The Morgan fingerprint density at radius 1 is 1.04 bits per heavy atom. The van der Waals surface area contributed by atoms with E-state index in [9.17, 15) is 4.79 Å². The Hall–Kier alpha value is -3.36. The van der Waals surface area contributed by atoms with Crippen LogP contribution in [0.2, 0.25) is 0 Å². The zero-order valence-corrected chi connectivity index (χ0v) is 14.9. The Balaban J connectivity index is 1.35. The molecule has 2 N–H and O–H groups in total. The SMILES string of the molecule is Cc1cnc(N[C@H]2CC[C@H](Nc3ccc(-n4ncccc4=O)cn3)C2)nn1. The van der Waals surface area contributed by atoms with E-state index in [-0.39, 0.29) is 5.56 Å². The summed E-state index contributed by atoms with van der Waals surface area (Å²) >= 11 is 0. The lowest BCUT2D eigenvalue weighted by Crippen LogP contribution is -2.22. The molecule has 3 aromatic rings. The van der Waals surface area contributed by atoms with Gasteiger partial charge in [0.1, 0.15) is 5.82 Å². The minimum absolute atomic E-state index is 0.183. The normalized spacial score (nSPS) is 19.0. The van der Waals surface area contributed by atoms with Crippen LogP contribution >= 0.6 is 0 Å². The molecule has 3 aromatic heterocycles. The molecule has 27 heavy (non-hydrogen) atoms. The molecular weight excluding hydrogens is 344 g/mol. The van der Waals surface area contributed by atoms with Crippen molar-refractivity contribution in [2.45, 2.75) is 38.3 Å². The molecule has 0 radical (unpaired) electrons. The summed E-state index contributed by atoms with van der Waals surface area (Å²) in [5, 5.41) is 18.9. The number of aromatic nitrogens is 6. The van der Waals surface area contributed by atoms with Crippen molar-refractivity contribution < 1.29 is 0 Å². The molecule has 1 fully saturated rings. The van der Waals surface area contributed by atoms with E-state index in [1.807, 2.05) is 19.1 Å². The highest BCUT2D eigenvalue weighted by molar-refractivity contribution is 5.41. The molecule has 1 aliphatic rings. The quantitative estimate of drug-likeness (QED) is 0.702. The maximum Gasteiger partial charge on any atom is 0.271 e. The minimum Gasteiger partial charge on any atom is -0.367 e. The largest absolute Gasteiger partial charge is 0.367 e. The van der Waals surface area contributed by atoms with Gasteiger partial charge in [-0.05, 0) is 44.4 Å². The van der Waals surface area contributed by atoms with Gasteiger partial charge in [0, 0.05) is 24.3 Å². The van der Waals surface area contributed by atoms with Crippen LogP contribution in [0.3, 0.4) is 0 Å². The Morgan fingerprint density at radius 3 is 2.59 bits per heavy atom. The Morgan fingerprint density at radius 2 is 1.89 bits per heavy atom. The van der Waals surface area contributed by atoms with Crippen LogP contribution in [0.1, 0.15) is 25.0 Å². The predicted molar refractivity (Wildman–Crippen MR) is 101 cm³/mol. The molecule has 0 aliphatic heterocycles. The number of pyridine rings is 1. The van der Waals surface area contributed by atoms with Gasteiger partial charge in [-0.15, -0.1) is 5.10 Å². The van der Waals surface area contributed by atoms with Crippen LogP contribution in [0.25, 0.3) is 5.69 Å². The predicted octanol–water partition coefficient (Wildman–Crippen LogP) is 1.57. The Labute approximate surface area is 155 Å². The van der Waals surface area contributed by atoms with E-state index in [0.717, 1.165) is 30.8 Å². The van der Waals surface area contributed by atoms with Gasteiger partial charge in [-0.2, -0.15) is 14.9 Å². The van der Waals surface area contributed by atoms with Gasteiger partial charge in [0.15, 0.2) is 0 Å². The smallest absolute Gasteiger partial charge is 0.271 e. The van der Waals surface area contributed by atoms with Gasteiger partial charge in [-0.25, -0.2) is 9.97 Å². The molecule has 4 rings (SSSR count). The van der Waals surface area contributed by atoms with E-state index < -0.39 is 0 Å². The molecule has 2 atom stereocenters. The summed E-state index contributed by atoms with van der Waals surface area (Å²) < 4.78 is 1.32. The Kier molecular flexibility index (Phi) is 4.73. The Bertz CT molecular complexity index is 954. The van der Waals surface area contributed by atoms with Gasteiger partial charge < -0.3 is 10.6 Å². The second-order valence-corrected chi connectivity index (χ2v) is 6.59. The molecule has 9 nitrogen and oxygen atoms in total. The molecule has 1 saturated carbocycles. The number of anilines is 2. The van der Waals surface area contributed by atoms with Crippen molar-refractivity contribution in [3.05, 3.63) is 58.9 Å². The lowest BCUT2D eigenvalue weighted by atomic mass is 10.2. The van der Waals surface area contributed by atoms with E-state index in [4.69, 9.17) is 0 Å². The summed E-state index contributed by atoms with van der Waals surface area (Å²) in [6.07, 6.45) is 7.93. The summed E-state index contributed by atoms with van der Waals surface area (Å²) in [5.41, 5.74) is 1.26. The standard InChI is InChI=1S/C18H20N8O/c1-12-10-20-18(25-24-12)23-14-5-4-13(9-14)22-16-7-6-15(11-19-16)26-17(27)3-2-8-21-26/h2-3,6-8,10-11,13-14H,4-5,9H2,1H3,(H,19,22)(H,20,23,25)/t13-,14-/m0/s1. The van der Waals surface area contributed by atoms with Crippen molar-refractivity contribution in [3.8, 4) is 5.69 Å². The van der Waals surface area contributed by atoms with Gasteiger partial charge in [0.05, 0.1) is 23.8 Å². The van der Waals surface area contributed by atoms with Crippen LogP contribution in [-0.4, -0.2) is 42.0 Å². The third-order valence-electron chi connectivity index (χ3n) is 4.50. The highest BCUT2D eigenvalue weighted by Crippen LogP contribution is 2.24. The molecule has 1 aliphatic carbocycles. The molecule has 138 valence electrons. The molecule has 0 bridgehead atoms. The van der Waals surface area contributed by atoms with Crippen LogP contribution in [-0.2, 0) is 0 Å². The third-order valence-corrected chi connectivity index (χ3v) is 4.50. The number of hydrogen-bond acceptors (Lipinski definition) is 8. The molecule has 0 unspecified atom stereocenters. The first kappa shape index (κ1) is 17.1. The lowest BCUT2D eigenvalue weighted by molar-refractivity contribution is 0.712. The van der Waals surface area contributed by atoms with Gasteiger partial charge in [-0.1, -0.05) is 0 Å². The minimum atomic E-state index is -0.183. The van der Waals surface area contributed by atoms with Crippen molar-refractivity contribution >= 4 is 11.8 Å². The lowest BCUT2D eigenvalue weighted by Gasteiger charge is -2.15. The topological polar surface area (TPSA) is 111 Å². The van der Waals surface area contributed by atoms with Crippen LogP contribution in [0.4, 0.5) is 11.8 Å². The van der Waals surface area contributed by atoms with Crippen LogP contribution in [0.15, 0.2) is 47.7 Å². The summed E-state index contributed by atoms with van der Waals surface area (Å²) in [6.45, 7) is 1.86. The van der Waals surface area contributed by atoms with Gasteiger partial charge in [0.25, 0.3) is 5.56 Å². The van der Waals surface area contributed by atoms with Crippen molar-refractivity contribution in [1.29, 1.82) is 0 Å². The fraction of sp³-hybridized carbons (Fsp3) is 0.333. The molecule has 9 heteroatoms. The second kappa shape index (κ2) is 7.48. The maximum absolute atomic E-state index is 11.8. The van der Waals surface area contributed by atoms with E-state index in [1.165, 1.54) is 10.7 Å². The monoisotopic (exact) mass is 364 g/mol. The fourth-order valence-electron chi connectivity index (χ4n) is 3.18. The number of aryl methyl sites for hydroxylation is 1. The van der Waals surface area contributed by atoms with E-state index in [2.05, 4.69) is 35.9 Å². The average molecular weight is 364 g/mol. The van der Waals surface area contributed by atoms with E-state index >= 15 is 0 Å². The summed E-state index contributed by atoms with van der Waals surface area (Å²) in [5.74, 6) is 1.34. The van der Waals surface area contributed by atoms with Crippen LogP contribution in [0, 0.1) is 6.92 Å². The first-order valence-electron chi connectivity index (χ1n) is 8.87. The molecule has 0 amide bonds. The zero-order valence-electron chi connectivity index (χ0n) is 14.9. The summed E-state index contributed by atoms with van der Waals surface area (Å²) in [7, 11) is 0. The van der Waals surface area contributed by atoms with Crippen LogP contribution in [0.5, 0.6) is 0 Å². The number of hydrogen-bond donors (Lipinski definition) is 2. The third kappa shape index (κ3) is 4.08. The van der Waals surface area contributed by atoms with Crippen molar-refractivity contribution in [2.75, 3.05) is 10.6 Å². The van der Waals surface area contributed by atoms with Gasteiger partial charge in [-0.3, -0.25) is 4.79 Å². The highest BCUT2D eigenvalue weighted by atomic mass is 16.1. The zero-order chi connectivity index (χ0) is 18.6. The molecule has 0 spiro atoms. The number of rotatable bonds is 5. The fourth-order valence-corrected chi connectivity index (χ4v) is 3.18. The first-order valence-corrected chi connectivity index (χ1v) is 8.87. The second-order valence-electron chi connectivity index (χ2n) is 6.59. The summed E-state index contributed by atoms with van der Waals surface area (Å²) in [4.78, 5) is 20.5. The van der Waals surface area contributed by atoms with Crippen molar-refractivity contribution in [3.63, 3.8) is 0 Å². The maximum atomic E-state index is 11.8. The van der Waals surface area contributed by atoms with E-state index in [0.29, 0.717) is 23.7 Å². The molecule has 3 heterocycles. The van der Waals surface area contributed by atoms with E-state index in [1.54, 1.807) is 24.7 Å². The van der Waals surface area contributed by atoms with Crippen LogP contribution < -0.4 is 16.2 Å². The number of nitrogens with zero attached hydrogens (tertiary/aromatic N) is 6. The summed E-state index contributed by atoms with van der Waals surface area (Å²) in [6, 6.07) is 7.41. The van der Waals surface area contributed by atoms with Gasteiger partial charge >= 0.3 is 0 Å². The average Bonchev–Trinajstić information content (AvgIpc) is 3.12. The number of nitrogens with one attached hydrogen (secondary N) is 2. The van der Waals surface area contributed by atoms with Gasteiger partial charge in [0.2, 0.25) is 5.95 Å². The highest BCUT2D eigenvalue weighted by Gasteiger charge is 2.25. The molecular formula is C18H20N8O. The molecule has 0 saturated heterocycles. The first-order chi connectivity index (χ1) is 13.2. The molecule has 0 aromatic carbocycles.